The van der Waals surface area contributed by atoms with Crippen LogP contribution in [-0.4, -0.2) is 28.6 Å². The Hall–Kier alpha value is -2.09. The fourth-order valence-electron chi connectivity index (χ4n) is 1.81. The highest BCUT2D eigenvalue weighted by Crippen LogP contribution is 2.32. The highest BCUT2D eigenvalue weighted by molar-refractivity contribution is 5.95. The van der Waals surface area contributed by atoms with Gasteiger partial charge in [-0.15, -0.1) is 0 Å². The van der Waals surface area contributed by atoms with Gasteiger partial charge in [-0.1, -0.05) is 0 Å². The van der Waals surface area contributed by atoms with Crippen LogP contribution < -0.4 is 5.32 Å². The molecule has 0 spiro atoms. The highest BCUT2D eigenvalue weighted by atomic mass is 19.1. The third kappa shape index (κ3) is 3.08. The molecule has 2 rings (SSSR count). The first-order valence-corrected chi connectivity index (χ1v) is 6.00. The second kappa shape index (κ2) is 5.49. The summed E-state index contributed by atoms with van der Waals surface area (Å²) in [7, 11) is 0. The molecule has 1 unspecified atom stereocenters. The Labute approximate surface area is 112 Å². The van der Waals surface area contributed by atoms with Crippen molar-refractivity contribution in [3.8, 4) is 0 Å². The number of benzene rings is 1. The lowest BCUT2D eigenvalue weighted by atomic mass is 10.1. The summed E-state index contributed by atoms with van der Waals surface area (Å²) in [4.78, 5) is 21.1. The number of carbonyl (C=O) groups is 1. The van der Waals surface area contributed by atoms with E-state index in [4.69, 9.17) is 0 Å². The SMILES string of the molecule is O=C(NCC(O)C1CC1)c1cc(F)cc([N+](=O)[O-])c1F. The van der Waals surface area contributed by atoms with E-state index in [1.165, 1.54) is 0 Å². The van der Waals surface area contributed by atoms with E-state index in [0.29, 0.717) is 12.1 Å². The van der Waals surface area contributed by atoms with Crippen molar-refractivity contribution >= 4 is 11.6 Å². The second-order valence-electron chi connectivity index (χ2n) is 4.66. The monoisotopic (exact) mass is 286 g/mol. The van der Waals surface area contributed by atoms with Crippen LogP contribution in [0.1, 0.15) is 23.2 Å². The van der Waals surface area contributed by atoms with Gasteiger partial charge in [0.05, 0.1) is 22.7 Å². The first-order valence-electron chi connectivity index (χ1n) is 6.00. The van der Waals surface area contributed by atoms with Gasteiger partial charge in [0.1, 0.15) is 5.82 Å². The molecular formula is C12H12F2N2O4. The number of aliphatic hydroxyl groups is 1. The van der Waals surface area contributed by atoms with Gasteiger partial charge < -0.3 is 10.4 Å². The minimum atomic E-state index is -1.39. The molecule has 0 aromatic heterocycles. The average Bonchev–Trinajstić information content (AvgIpc) is 3.21. The minimum Gasteiger partial charge on any atom is -0.391 e. The van der Waals surface area contributed by atoms with E-state index in [0.717, 1.165) is 12.8 Å². The largest absolute Gasteiger partial charge is 0.391 e. The molecule has 2 N–H and O–H groups in total. The highest BCUT2D eigenvalue weighted by Gasteiger charge is 2.30. The van der Waals surface area contributed by atoms with Gasteiger partial charge in [0, 0.05) is 6.54 Å². The van der Waals surface area contributed by atoms with Gasteiger partial charge in [0.2, 0.25) is 5.82 Å². The fraction of sp³-hybridized carbons (Fsp3) is 0.417. The predicted molar refractivity (Wildman–Crippen MR) is 64.1 cm³/mol. The zero-order valence-corrected chi connectivity index (χ0v) is 10.3. The molecule has 0 aliphatic heterocycles. The summed E-state index contributed by atoms with van der Waals surface area (Å²) >= 11 is 0. The number of aliphatic hydroxyl groups excluding tert-OH is 1. The van der Waals surface area contributed by atoms with E-state index in [1.807, 2.05) is 0 Å². The summed E-state index contributed by atoms with van der Waals surface area (Å²) < 4.78 is 26.9. The molecule has 0 saturated heterocycles. The third-order valence-corrected chi connectivity index (χ3v) is 3.10. The normalized spacial score (nSPS) is 15.8. The molecule has 1 aliphatic rings. The number of rotatable bonds is 5. The Bertz CT molecular complexity index is 561. The van der Waals surface area contributed by atoms with E-state index in [9.17, 15) is 28.8 Å². The van der Waals surface area contributed by atoms with Gasteiger partial charge in [-0.05, 0) is 24.8 Å². The fourth-order valence-corrected chi connectivity index (χ4v) is 1.81. The van der Waals surface area contributed by atoms with Crippen LogP contribution >= 0.6 is 0 Å². The van der Waals surface area contributed by atoms with Crippen molar-refractivity contribution in [3.63, 3.8) is 0 Å². The molecule has 0 bridgehead atoms. The van der Waals surface area contributed by atoms with Crippen LogP contribution in [0.25, 0.3) is 0 Å². The van der Waals surface area contributed by atoms with Gasteiger partial charge in [0.25, 0.3) is 5.91 Å². The van der Waals surface area contributed by atoms with Gasteiger partial charge in [0.15, 0.2) is 0 Å². The van der Waals surface area contributed by atoms with Crippen LogP contribution in [0.3, 0.4) is 0 Å². The summed E-state index contributed by atoms with van der Waals surface area (Å²) in [5.74, 6) is -3.35. The van der Waals surface area contributed by atoms with Crippen molar-refractivity contribution in [3.05, 3.63) is 39.4 Å². The van der Waals surface area contributed by atoms with E-state index in [2.05, 4.69) is 5.32 Å². The number of nitrogens with one attached hydrogen (secondary N) is 1. The minimum absolute atomic E-state index is 0.104. The Balaban J connectivity index is 2.14. The number of hydrogen-bond donors (Lipinski definition) is 2. The van der Waals surface area contributed by atoms with Crippen LogP contribution in [0.15, 0.2) is 12.1 Å². The van der Waals surface area contributed by atoms with Gasteiger partial charge in [-0.2, -0.15) is 4.39 Å². The zero-order chi connectivity index (χ0) is 14.9. The van der Waals surface area contributed by atoms with Crippen molar-refractivity contribution in [2.45, 2.75) is 18.9 Å². The van der Waals surface area contributed by atoms with Crippen LogP contribution in [0.4, 0.5) is 14.5 Å². The van der Waals surface area contributed by atoms with Gasteiger partial charge >= 0.3 is 5.69 Å². The molecule has 6 nitrogen and oxygen atoms in total. The summed E-state index contributed by atoms with van der Waals surface area (Å²) in [6, 6.07) is 0.992. The molecule has 1 atom stereocenters. The summed E-state index contributed by atoms with van der Waals surface area (Å²) in [5, 5.41) is 22.3. The van der Waals surface area contributed by atoms with E-state index in [1.54, 1.807) is 0 Å². The Morgan fingerprint density at radius 1 is 1.50 bits per heavy atom. The lowest BCUT2D eigenvalue weighted by Crippen LogP contribution is -2.33. The van der Waals surface area contributed by atoms with E-state index >= 15 is 0 Å². The Morgan fingerprint density at radius 2 is 2.15 bits per heavy atom. The molecule has 0 radical (unpaired) electrons. The molecule has 1 saturated carbocycles. The van der Waals surface area contributed by atoms with E-state index < -0.39 is 39.8 Å². The maximum absolute atomic E-state index is 13.7. The predicted octanol–water partition coefficient (Wildman–Crippen LogP) is 1.37. The molecule has 1 aromatic carbocycles. The lowest BCUT2D eigenvalue weighted by Gasteiger charge is -2.11. The van der Waals surface area contributed by atoms with Crippen molar-refractivity contribution < 1.29 is 23.6 Å². The molecule has 1 aromatic rings. The third-order valence-electron chi connectivity index (χ3n) is 3.10. The van der Waals surface area contributed by atoms with Crippen molar-refractivity contribution in [2.75, 3.05) is 6.54 Å². The molecule has 20 heavy (non-hydrogen) atoms. The summed E-state index contributed by atoms with van der Waals surface area (Å²) in [5.41, 5.74) is -1.85. The van der Waals surface area contributed by atoms with Crippen LogP contribution in [-0.2, 0) is 0 Å². The number of nitro groups is 1. The quantitative estimate of drug-likeness (QED) is 0.631. The number of nitro benzene ring substituents is 1. The summed E-state index contributed by atoms with van der Waals surface area (Å²) in [6.07, 6.45) is 0.971. The van der Waals surface area contributed by atoms with Crippen LogP contribution in [0, 0.1) is 27.7 Å². The average molecular weight is 286 g/mol. The van der Waals surface area contributed by atoms with Crippen molar-refractivity contribution in [2.24, 2.45) is 5.92 Å². The van der Waals surface area contributed by atoms with Crippen molar-refractivity contribution in [1.82, 2.24) is 5.32 Å². The molecule has 0 heterocycles. The maximum Gasteiger partial charge on any atom is 0.308 e. The van der Waals surface area contributed by atoms with Crippen molar-refractivity contribution in [1.29, 1.82) is 0 Å². The second-order valence-corrected chi connectivity index (χ2v) is 4.66. The Morgan fingerprint density at radius 3 is 2.70 bits per heavy atom. The maximum atomic E-state index is 13.7. The molecular weight excluding hydrogens is 274 g/mol. The smallest absolute Gasteiger partial charge is 0.308 e. The standard InChI is InChI=1S/C12H12F2N2O4/c13-7-3-8(11(14)9(4-7)16(19)20)12(18)15-5-10(17)6-1-2-6/h3-4,6,10,17H,1-2,5H2,(H,15,18). The number of carbonyl (C=O) groups excluding carboxylic acids is 1. The first-order chi connectivity index (χ1) is 9.40. The molecule has 8 heteroatoms. The molecule has 108 valence electrons. The topological polar surface area (TPSA) is 92.5 Å². The molecule has 1 amide bonds. The Kier molecular flexibility index (Phi) is 3.93. The zero-order valence-electron chi connectivity index (χ0n) is 10.3. The van der Waals surface area contributed by atoms with E-state index in [-0.39, 0.29) is 12.5 Å². The number of hydrogen-bond acceptors (Lipinski definition) is 4. The first kappa shape index (κ1) is 14.3. The number of halogens is 2. The van der Waals surface area contributed by atoms with Gasteiger partial charge in [-0.25, -0.2) is 4.39 Å². The number of nitrogens with zero attached hydrogens (tertiary/aromatic N) is 1. The lowest BCUT2D eigenvalue weighted by molar-refractivity contribution is -0.387. The molecule has 1 aliphatic carbocycles. The number of amides is 1. The van der Waals surface area contributed by atoms with Crippen LogP contribution in [0.2, 0.25) is 0 Å². The molecule has 1 fully saturated rings. The summed E-state index contributed by atoms with van der Waals surface area (Å²) in [6.45, 7) is -0.104. The van der Waals surface area contributed by atoms with Crippen LogP contribution in [0.5, 0.6) is 0 Å². The van der Waals surface area contributed by atoms with Gasteiger partial charge in [-0.3, -0.25) is 14.9 Å².